The van der Waals surface area contributed by atoms with Gasteiger partial charge in [0.2, 0.25) is 0 Å². The summed E-state index contributed by atoms with van der Waals surface area (Å²) in [7, 11) is 0. The van der Waals surface area contributed by atoms with Crippen molar-refractivity contribution in [1.82, 2.24) is 15.1 Å². The summed E-state index contributed by atoms with van der Waals surface area (Å²) in [6.45, 7) is 10.5. The van der Waals surface area contributed by atoms with Crippen LogP contribution in [0.1, 0.15) is 26.3 Å². The van der Waals surface area contributed by atoms with Crippen molar-refractivity contribution < 1.29 is 4.79 Å². The molecule has 1 saturated heterocycles. The maximum absolute atomic E-state index is 12.1. The molecule has 0 atom stereocenters. The highest BCUT2D eigenvalue weighted by Gasteiger charge is 2.23. The molecule has 1 aliphatic heterocycles. The van der Waals surface area contributed by atoms with E-state index >= 15 is 0 Å². The van der Waals surface area contributed by atoms with Gasteiger partial charge in [-0.1, -0.05) is 23.7 Å². The lowest BCUT2D eigenvalue weighted by Gasteiger charge is -2.36. The largest absolute Gasteiger partial charge is 0.333 e. The summed E-state index contributed by atoms with van der Waals surface area (Å²) in [5.74, 6) is 0. The molecule has 4 nitrogen and oxygen atoms in total. The molecule has 2 rings (SSSR count). The third-order valence-corrected chi connectivity index (χ3v) is 4.02. The maximum Gasteiger partial charge on any atom is 0.317 e. The number of amides is 2. The van der Waals surface area contributed by atoms with Gasteiger partial charge >= 0.3 is 6.03 Å². The van der Waals surface area contributed by atoms with E-state index in [1.165, 1.54) is 5.56 Å². The highest BCUT2D eigenvalue weighted by molar-refractivity contribution is 6.30. The third kappa shape index (κ3) is 5.50. The lowest BCUT2D eigenvalue weighted by atomic mass is 10.1. The zero-order valence-electron chi connectivity index (χ0n) is 13.7. The van der Waals surface area contributed by atoms with Gasteiger partial charge in [0.1, 0.15) is 0 Å². The number of piperazine rings is 1. The number of nitrogens with zero attached hydrogens (tertiary/aromatic N) is 2. The van der Waals surface area contributed by atoms with Gasteiger partial charge in [0, 0.05) is 43.3 Å². The van der Waals surface area contributed by atoms with Crippen LogP contribution in [-0.4, -0.2) is 54.1 Å². The number of carbonyl (C=O) groups excluding carboxylic acids is 1. The van der Waals surface area contributed by atoms with E-state index in [-0.39, 0.29) is 11.6 Å². The van der Waals surface area contributed by atoms with Crippen LogP contribution in [0.15, 0.2) is 24.3 Å². The summed E-state index contributed by atoms with van der Waals surface area (Å²) < 4.78 is 0. The van der Waals surface area contributed by atoms with E-state index in [9.17, 15) is 4.79 Å². The summed E-state index contributed by atoms with van der Waals surface area (Å²) in [4.78, 5) is 16.4. The lowest BCUT2D eigenvalue weighted by Crippen LogP contribution is -2.55. The highest BCUT2D eigenvalue weighted by Crippen LogP contribution is 2.11. The van der Waals surface area contributed by atoms with E-state index in [2.05, 4.69) is 22.3 Å². The van der Waals surface area contributed by atoms with Crippen LogP contribution in [0.5, 0.6) is 0 Å². The van der Waals surface area contributed by atoms with Gasteiger partial charge in [0.25, 0.3) is 0 Å². The van der Waals surface area contributed by atoms with E-state index in [4.69, 9.17) is 11.6 Å². The summed E-state index contributed by atoms with van der Waals surface area (Å²) in [5, 5.41) is 3.80. The van der Waals surface area contributed by atoms with Crippen LogP contribution in [0.4, 0.5) is 4.79 Å². The fourth-order valence-corrected chi connectivity index (χ4v) is 2.64. The molecule has 0 aromatic heterocycles. The third-order valence-electron chi connectivity index (χ3n) is 3.77. The highest BCUT2D eigenvalue weighted by atomic mass is 35.5. The predicted molar refractivity (Wildman–Crippen MR) is 91.5 cm³/mol. The minimum atomic E-state index is -0.178. The molecule has 0 bridgehead atoms. The van der Waals surface area contributed by atoms with Crippen molar-refractivity contribution in [2.75, 3.05) is 32.7 Å². The summed E-state index contributed by atoms with van der Waals surface area (Å²) in [6.07, 6.45) is 1.02. The van der Waals surface area contributed by atoms with Crippen molar-refractivity contribution in [3.8, 4) is 0 Å². The average molecular weight is 324 g/mol. The van der Waals surface area contributed by atoms with Crippen LogP contribution in [0, 0.1) is 0 Å². The van der Waals surface area contributed by atoms with Gasteiger partial charge in [-0.3, -0.25) is 4.90 Å². The Bertz CT molecular complexity index is 488. The van der Waals surface area contributed by atoms with Gasteiger partial charge < -0.3 is 10.2 Å². The second kappa shape index (κ2) is 7.34. The first-order chi connectivity index (χ1) is 10.3. The Morgan fingerprint density at radius 1 is 1.14 bits per heavy atom. The summed E-state index contributed by atoms with van der Waals surface area (Å²) >= 11 is 5.90. The van der Waals surface area contributed by atoms with Gasteiger partial charge in [-0.15, -0.1) is 0 Å². The van der Waals surface area contributed by atoms with Crippen LogP contribution in [0.3, 0.4) is 0 Å². The van der Waals surface area contributed by atoms with Crippen LogP contribution in [0.25, 0.3) is 0 Å². The Morgan fingerprint density at radius 2 is 1.73 bits per heavy atom. The molecule has 0 unspecified atom stereocenters. The lowest BCUT2D eigenvalue weighted by molar-refractivity contribution is 0.135. The zero-order valence-corrected chi connectivity index (χ0v) is 14.5. The van der Waals surface area contributed by atoms with E-state index in [0.717, 1.165) is 44.2 Å². The van der Waals surface area contributed by atoms with Crippen molar-refractivity contribution in [3.63, 3.8) is 0 Å². The van der Waals surface area contributed by atoms with Crippen LogP contribution in [-0.2, 0) is 6.42 Å². The van der Waals surface area contributed by atoms with Gasteiger partial charge in [-0.25, -0.2) is 4.79 Å². The Labute approximate surface area is 138 Å². The molecule has 1 heterocycles. The van der Waals surface area contributed by atoms with Crippen molar-refractivity contribution in [2.45, 2.75) is 32.7 Å². The molecule has 1 aromatic carbocycles. The van der Waals surface area contributed by atoms with E-state index in [1.807, 2.05) is 37.8 Å². The molecule has 0 spiro atoms. The number of rotatable bonds is 3. The Balaban J connectivity index is 1.73. The molecule has 5 heteroatoms. The number of nitrogens with one attached hydrogen (secondary N) is 1. The molecule has 1 fully saturated rings. The number of hydrogen-bond acceptors (Lipinski definition) is 2. The fourth-order valence-electron chi connectivity index (χ4n) is 2.51. The Hall–Kier alpha value is -1.26. The molecule has 122 valence electrons. The molecule has 1 aliphatic rings. The standard InChI is InChI=1S/C17H26ClN3O/c1-17(2,3)19-16(22)21-12-10-20(11-13-21)9-8-14-4-6-15(18)7-5-14/h4-7H,8-13H2,1-3H3,(H,19,22). The molecular formula is C17H26ClN3O. The number of halogens is 1. The monoisotopic (exact) mass is 323 g/mol. The number of carbonyl (C=O) groups is 1. The predicted octanol–water partition coefficient (Wildman–Crippen LogP) is 3.01. The van der Waals surface area contributed by atoms with Crippen molar-refractivity contribution >= 4 is 17.6 Å². The van der Waals surface area contributed by atoms with Crippen molar-refractivity contribution in [3.05, 3.63) is 34.9 Å². The SMILES string of the molecule is CC(C)(C)NC(=O)N1CCN(CCc2ccc(Cl)cc2)CC1. The fraction of sp³-hybridized carbons (Fsp3) is 0.588. The van der Waals surface area contributed by atoms with E-state index < -0.39 is 0 Å². The minimum Gasteiger partial charge on any atom is -0.333 e. The maximum atomic E-state index is 12.1. The second-order valence-corrected chi connectivity index (χ2v) is 7.32. The molecular weight excluding hydrogens is 298 g/mol. The summed E-state index contributed by atoms with van der Waals surface area (Å²) in [6, 6.07) is 8.08. The van der Waals surface area contributed by atoms with Crippen LogP contribution >= 0.6 is 11.6 Å². The molecule has 1 N–H and O–H groups in total. The molecule has 0 radical (unpaired) electrons. The minimum absolute atomic E-state index is 0.0462. The van der Waals surface area contributed by atoms with E-state index in [1.54, 1.807) is 0 Å². The topological polar surface area (TPSA) is 35.6 Å². The number of urea groups is 1. The summed E-state index contributed by atoms with van der Waals surface area (Å²) in [5.41, 5.74) is 1.13. The van der Waals surface area contributed by atoms with Crippen molar-refractivity contribution in [1.29, 1.82) is 0 Å². The second-order valence-electron chi connectivity index (χ2n) is 6.89. The van der Waals surface area contributed by atoms with Gasteiger partial charge in [-0.05, 0) is 44.9 Å². The smallest absolute Gasteiger partial charge is 0.317 e. The first kappa shape index (κ1) is 17.1. The first-order valence-electron chi connectivity index (χ1n) is 7.87. The normalized spacial score (nSPS) is 16.6. The van der Waals surface area contributed by atoms with Crippen LogP contribution < -0.4 is 5.32 Å². The number of benzene rings is 1. The molecule has 22 heavy (non-hydrogen) atoms. The van der Waals surface area contributed by atoms with Crippen molar-refractivity contribution in [2.24, 2.45) is 0 Å². The van der Waals surface area contributed by atoms with Crippen LogP contribution in [0.2, 0.25) is 5.02 Å². The quantitative estimate of drug-likeness (QED) is 0.928. The van der Waals surface area contributed by atoms with Gasteiger partial charge in [-0.2, -0.15) is 0 Å². The molecule has 0 saturated carbocycles. The molecule has 1 aromatic rings. The zero-order chi connectivity index (χ0) is 16.2. The Morgan fingerprint density at radius 3 is 2.27 bits per heavy atom. The van der Waals surface area contributed by atoms with E-state index in [0.29, 0.717) is 0 Å². The molecule has 0 aliphatic carbocycles. The number of hydrogen-bond donors (Lipinski definition) is 1. The Kier molecular flexibility index (Phi) is 5.70. The first-order valence-corrected chi connectivity index (χ1v) is 8.25. The van der Waals surface area contributed by atoms with Gasteiger partial charge in [0.15, 0.2) is 0 Å². The van der Waals surface area contributed by atoms with Gasteiger partial charge in [0.05, 0.1) is 0 Å². The molecule has 2 amide bonds. The average Bonchev–Trinajstić information content (AvgIpc) is 2.45.